The van der Waals surface area contributed by atoms with Crippen LogP contribution in [-0.2, 0) is 55.7 Å². The second kappa shape index (κ2) is 19.2. The molecule has 2 aromatic carbocycles. The Morgan fingerprint density at radius 1 is 0.962 bits per heavy atom. The molecule has 288 valence electrons. The number of Topliss-reactive ketones (excluding diaryl/α,β-unsaturated/α-hetero) is 1. The Labute approximate surface area is 311 Å². The molecule has 1 aliphatic heterocycles. The second-order valence-electron chi connectivity index (χ2n) is 15.2. The number of ketones is 1. The van der Waals surface area contributed by atoms with Gasteiger partial charge >= 0.3 is 5.97 Å². The summed E-state index contributed by atoms with van der Waals surface area (Å²) in [6, 6.07) is 17.5. The number of ether oxygens (including phenoxy) is 7. The average molecular weight is 741 g/mol. The molecule has 1 heterocycles. The molecule has 0 aromatic heterocycles. The van der Waals surface area contributed by atoms with E-state index in [0.717, 1.165) is 16.9 Å². The number of methoxy groups -OCH3 is 3. The minimum atomic E-state index is -2.00. The zero-order valence-corrected chi connectivity index (χ0v) is 34.0. The van der Waals surface area contributed by atoms with Crippen LogP contribution in [0.5, 0.6) is 5.75 Å². The van der Waals surface area contributed by atoms with Gasteiger partial charge in [0.1, 0.15) is 12.5 Å². The van der Waals surface area contributed by atoms with Crippen LogP contribution in [0.1, 0.15) is 65.5 Å². The molecule has 0 radical (unpaired) electrons. The maximum Gasteiger partial charge on any atom is 0.330 e. The summed E-state index contributed by atoms with van der Waals surface area (Å²) in [5, 5.41) is 0.0498. The van der Waals surface area contributed by atoms with Crippen molar-refractivity contribution < 1.29 is 47.2 Å². The summed E-state index contributed by atoms with van der Waals surface area (Å²) in [6.45, 7) is 17.8. The van der Waals surface area contributed by atoms with Crippen LogP contribution < -0.4 is 4.74 Å². The molecule has 2 aromatic rings. The van der Waals surface area contributed by atoms with E-state index in [1.807, 2.05) is 87.5 Å². The predicted octanol–water partition coefficient (Wildman–Crippen LogP) is 7.95. The van der Waals surface area contributed by atoms with Gasteiger partial charge < -0.3 is 37.6 Å². The topological polar surface area (TPSA) is 108 Å². The smallest absolute Gasteiger partial charge is 0.330 e. The monoisotopic (exact) mass is 740 g/mol. The van der Waals surface area contributed by atoms with Crippen LogP contribution in [0.2, 0.25) is 18.1 Å². The van der Waals surface area contributed by atoms with Crippen LogP contribution in [0, 0.1) is 5.41 Å². The number of benzene rings is 2. The molecule has 11 heteroatoms. The summed E-state index contributed by atoms with van der Waals surface area (Å²) in [6.07, 6.45) is 3.99. The second-order valence-corrected chi connectivity index (χ2v) is 20.0. The minimum Gasteiger partial charge on any atom is -0.497 e. The molecule has 0 unspecified atom stereocenters. The van der Waals surface area contributed by atoms with E-state index in [-0.39, 0.29) is 23.8 Å². The number of esters is 1. The molecule has 3 rings (SSSR count). The maximum atomic E-state index is 14.3. The molecule has 0 spiro atoms. The first-order chi connectivity index (χ1) is 24.5. The van der Waals surface area contributed by atoms with Gasteiger partial charge in [0.05, 0.1) is 52.4 Å². The molecule has 52 heavy (non-hydrogen) atoms. The Hall–Kier alpha value is -3.16. The number of rotatable bonds is 19. The summed E-state index contributed by atoms with van der Waals surface area (Å²) < 4.78 is 47.9. The van der Waals surface area contributed by atoms with Crippen molar-refractivity contribution in [3.8, 4) is 5.75 Å². The van der Waals surface area contributed by atoms with Crippen molar-refractivity contribution in [2.75, 3.05) is 34.7 Å². The first-order valence-corrected chi connectivity index (χ1v) is 20.7. The SMILES string of the molecule is COC(=O)C=C1C[C@@H](C[C@@H](OCc2ccc(OC)cc2)[C@@H](C)OCOCc2ccccc2)O[C@@](OC)(C(C)(C)C=CCO[Si](C)(C)C(C)(C)C)C1=O. The summed E-state index contributed by atoms with van der Waals surface area (Å²) >= 11 is 0. The quantitative estimate of drug-likeness (QED) is 0.0352. The molecule has 0 aliphatic carbocycles. The molecule has 1 fully saturated rings. The fourth-order valence-corrected chi connectivity index (χ4v) is 6.63. The lowest BCUT2D eigenvalue weighted by Gasteiger charge is -2.48. The van der Waals surface area contributed by atoms with Gasteiger partial charge in [0.2, 0.25) is 11.6 Å². The highest BCUT2D eigenvalue weighted by atomic mass is 28.4. The van der Waals surface area contributed by atoms with Gasteiger partial charge in [0, 0.05) is 37.0 Å². The van der Waals surface area contributed by atoms with Crippen LogP contribution in [0.15, 0.2) is 78.4 Å². The molecule has 0 saturated carbocycles. The molecule has 1 saturated heterocycles. The summed E-state index contributed by atoms with van der Waals surface area (Å²) in [7, 11) is 2.35. The van der Waals surface area contributed by atoms with Gasteiger partial charge in [-0.05, 0) is 48.3 Å². The van der Waals surface area contributed by atoms with Crippen LogP contribution >= 0.6 is 0 Å². The molecule has 1 aliphatic rings. The van der Waals surface area contributed by atoms with Gasteiger partial charge in [0.15, 0.2) is 8.32 Å². The lowest BCUT2D eigenvalue weighted by atomic mass is 9.75. The summed E-state index contributed by atoms with van der Waals surface area (Å²) in [4.78, 5) is 26.8. The van der Waals surface area contributed by atoms with E-state index in [1.165, 1.54) is 20.3 Å². The third-order valence-electron chi connectivity index (χ3n) is 10.0. The van der Waals surface area contributed by atoms with E-state index in [9.17, 15) is 9.59 Å². The fraction of sp³-hybridized carbons (Fsp3) is 0.561. The number of hydrogen-bond acceptors (Lipinski definition) is 10. The number of hydrogen-bond donors (Lipinski definition) is 0. The molecule has 0 amide bonds. The highest BCUT2D eigenvalue weighted by Crippen LogP contribution is 2.45. The standard InChI is InChI=1S/C41H60O10Si/c1-30(49-29-47-27-31-16-13-12-14-17-31)36(48-28-32-18-20-34(44-7)21-19-32)26-35-24-33(25-37(42)45-8)38(43)41(46-9,51-35)40(5,6)22-15-23-50-52(10,11)39(2,3)4/h12-22,25,30,35-36H,23-24,26-29H2,1-11H3/t30-,35+,36-,41-/m1/s1. The van der Waals surface area contributed by atoms with E-state index in [2.05, 4.69) is 33.9 Å². The van der Waals surface area contributed by atoms with Crippen molar-refractivity contribution in [2.24, 2.45) is 5.41 Å². The van der Waals surface area contributed by atoms with E-state index in [1.54, 1.807) is 7.11 Å². The molecule has 0 bridgehead atoms. The Morgan fingerprint density at radius 2 is 1.62 bits per heavy atom. The lowest BCUT2D eigenvalue weighted by Crippen LogP contribution is -2.60. The zero-order valence-electron chi connectivity index (χ0n) is 33.0. The van der Waals surface area contributed by atoms with Crippen molar-refractivity contribution >= 4 is 20.1 Å². The largest absolute Gasteiger partial charge is 0.497 e. The highest BCUT2D eigenvalue weighted by Gasteiger charge is 2.57. The Bertz CT molecular complexity index is 1480. The van der Waals surface area contributed by atoms with Crippen molar-refractivity contribution in [3.05, 3.63) is 89.5 Å². The summed E-state index contributed by atoms with van der Waals surface area (Å²) in [5.74, 6) is -2.08. The first-order valence-electron chi connectivity index (χ1n) is 17.8. The molecule has 4 atom stereocenters. The maximum absolute atomic E-state index is 14.3. The van der Waals surface area contributed by atoms with E-state index in [0.29, 0.717) is 26.2 Å². The van der Waals surface area contributed by atoms with Crippen LogP contribution in [0.25, 0.3) is 0 Å². The van der Waals surface area contributed by atoms with E-state index in [4.69, 9.17) is 37.6 Å². The van der Waals surface area contributed by atoms with Gasteiger partial charge in [-0.2, -0.15) is 0 Å². The molecular formula is C41H60O10Si. The molecular weight excluding hydrogens is 681 g/mol. The average Bonchev–Trinajstić information content (AvgIpc) is 3.11. The Balaban J connectivity index is 1.88. The van der Waals surface area contributed by atoms with Gasteiger partial charge in [-0.3, -0.25) is 4.79 Å². The Kier molecular flexibility index (Phi) is 16.0. The first kappa shape index (κ1) is 43.2. The van der Waals surface area contributed by atoms with Gasteiger partial charge in [-0.15, -0.1) is 0 Å². The van der Waals surface area contributed by atoms with Gasteiger partial charge in [-0.1, -0.05) is 89.2 Å². The van der Waals surface area contributed by atoms with Crippen LogP contribution in [0.4, 0.5) is 0 Å². The van der Waals surface area contributed by atoms with Crippen LogP contribution in [0.3, 0.4) is 0 Å². The van der Waals surface area contributed by atoms with Crippen molar-refractivity contribution in [1.82, 2.24) is 0 Å². The van der Waals surface area contributed by atoms with Crippen LogP contribution in [-0.4, -0.2) is 78.9 Å². The minimum absolute atomic E-state index is 0.0484. The third kappa shape index (κ3) is 11.7. The normalized spacial score (nSPS) is 20.6. The van der Waals surface area contributed by atoms with Crippen molar-refractivity contribution in [2.45, 2.75) is 110 Å². The molecule has 0 N–H and O–H groups in total. The van der Waals surface area contributed by atoms with Crippen molar-refractivity contribution in [1.29, 1.82) is 0 Å². The lowest BCUT2D eigenvalue weighted by molar-refractivity contribution is -0.281. The predicted molar refractivity (Wildman–Crippen MR) is 203 cm³/mol. The van der Waals surface area contributed by atoms with Gasteiger partial charge in [0.25, 0.3) is 0 Å². The zero-order chi connectivity index (χ0) is 38.6. The number of carbonyl (C=O) groups is 2. The van der Waals surface area contributed by atoms with E-state index >= 15 is 0 Å². The molecule has 10 nitrogen and oxygen atoms in total. The Morgan fingerprint density at radius 3 is 2.21 bits per heavy atom. The highest BCUT2D eigenvalue weighted by molar-refractivity contribution is 6.74. The fourth-order valence-electron chi connectivity index (χ4n) is 5.69. The summed E-state index contributed by atoms with van der Waals surface area (Å²) in [5.41, 5.74) is 1.26. The van der Waals surface area contributed by atoms with Crippen molar-refractivity contribution in [3.63, 3.8) is 0 Å². The number of carbonyl (C=O) groups excluding carboxylic acids is 2. The van der Waals surface area contributed by atoms with E-state index < -0.39 is 49.6 Å². The third-order valence-corrected chi connectivity index (χ3v) is 14.5. The van der Waals surface area contributed by atoms with Gasteiger partial charge in [-0.25, -0.2) is 4.79 Å².